The number of hydrogen-bond acceptors (Lipinski definition) is 8. The van der Waals surface area contributed by atoms with Gasteiger partial charge < -0.3 is 10.5 Å². The molecule has 11 nitrogen and oxygen atoms in total. The van der Waals surface area contributed by atoms with E-state index in [-0.39, 0.29) is 12.3 Å². The van der Waals surface area contributed by atoms with Crippen molar-refractivity contribution in [2.24, 2.45) is 10.8 Å². The first-order chi connectivity index (χ1) is 9.86. The molecule has 0 bridgehead atoms. The molecule has 0 aliphatic carbocycles. The van der Waals surface area contributed by atoms with Gasteiger partial charge in [0.15, 0.2) is 0 Å². The lowest BCUT2D eigenvalue weighted by Gasteiger charge is -2.04. The number of amidine groups is 1. The van der Waals surface area contributed by atoms with Gasteiger partial charge in [-0.2, -0.15) is 0 Å². The Morgan fingerprint density at radius 3 is 2.57 bits per heavy atom. The summed E-state index contributed by atoms with van der Waals surface area (Å²) >= 11 is 0. The zero-order valence-corrected chi connectivity index (χ0v) is 10.8. The summed E-state index contributed by atoms with van der Waals surface area (Å²) in [4.78, 5) is 31.0. The number of non-ortho nitro benzene ring substituents is 1. The summed E-state index contributed by atoms with van der Waals surface area (Å²) in [6.07, 6.45) is 0. The number of nitrogens with zero attached hydrogens (tertiary/aromatic N) is 3. The quantitative estimate of drug-likeness (QED) is 0.264. The van der Waals surface area contributed by atoms with Crippen molar-refractivity contribution < 1.29 is 19.4 Å². The van der Waals surface area contributed by atoms with Gasteiger partial charge in [-0.1, -0.05) is 0 Å². The predicted molar refractivity (Wildman–Crippen MR) is 71.6 cm³/mol. The number of hydrazone groups is 1. The molecule has 0 aliphatic heterocycles. The van der Waals surface area contributed by atoms with E-state index >= 15 is 0 Å². The first kappa shape index (κ1) is 15.8. The number of nitro groups is 2. The number of nitrogens with one attached hydrogen (secondary N) is 1. The molecule has 0 saturated carbocycles. The largest absolute Gasteiger partial charge is 0.460 e. The van der Waals surface area contributed by atoms with Crippen LogP contribution in [-0.2, 0) is 9.53 Å². The maximum absolute atomic E-state index is 11.2. The second-order valence-electron chi connectivity index (χ2n) is 3.54. The summed E-state index contributed by atoms with van der Waals surface area (Å²) in [6, 6.07) is 2.89. The lowest BCUT2D eigenvalue weighted by molar-refractivity contribution is -0.393. The Morgan fingerprint density at radius 2 is 2.05 bits per heavy atom. The Kier molecular flexibility index (Phi) is 5.11. The molecule has 0 heterocycles. The second kappa shape index (κ2) is 6.79. The number of nitrogens with two attached hydrogens (primary N) is 1. The Hall–Kier alpha value is -3.24. The highest BCUT2D eigenvalue weighted by molar-refractivity contribution is 6.34. The fourth-order valence-electron chi connectivity index (χ4n) is 1.25. The van der Waals surface area contributed by atoms with Crippen LogP contribution in [0.15, 0.2) is 23.3 Å². The van der Waals surface area contributed by atoms with Crippen molar-refractivity contribution in [2.75, 3.05) is 12.0 Å². The summed E-state index contributed by atoms with van der Waals surface area (Å²) < 4.78 is 4.56. The van der Waals surface area contributed by atoms with Crippen molar-refractivity contribution in [3.8, 4) is 0 Å². The molecule has 0 saturated heterocycles. The van der Waals surface area contributed by atoms with Crippen LogP contribution >= 0.6 is 0 Å². The third kappa shape index (κ3) is 4.12. The molecule has 1 rings (SSSR count). The van der Waals surface area contributed by atoms with Crippen LogP contribution in [0.1, 0.15) is 6.92 Å². The number of nitro benzene ring substituents is 2. The smallest absolute Gasteiger partial charge is 0.375 e. The van der Waals surface area contributed by atoms with Gasteiger partial charge in [0.1, 0.15) is 5.69 Å². The van der Waals surface area contributed by atoms with E-state index in [0.29, 0.717) is 0 Å². The number of carbonyl (C=O) groups excluding carboxylic acids is 1. The molecule has 0 aliphatic rings. The van der Waals surface area contributed by atoms with Crippen LogP contribution in [0.3, 0.4) is 0 Å². The molecule has 0 fully saturated rings. The van der Waals surface area contributed by atoms with E-state index in [1.807, 2.05) is 0 Å². The third-order valence-corrected chi connectivity index (χ3v) is 2.17. The fraction of sp³-hybridized carbons (Fsp3) is 0.200. The van der Waals surface area contributed by atoms with Crippen LogP contribution in [0.4, 0.5) is 17.1 Å². The van der Waals surface area contributed by atoms with Crippen molar-refractivity contribution in [2.45, 2.75) is 6.92 Å². The standard InChI is InChI=1S/C10H11N5O6/c1-2-21-10(16)9(11)13-12-7-4-3-6(14(17)18)5-8(7)15(19)20/h3-5,12H,2H2,1H3,(H2,11,13). The molecule has 112 valence electrons. The molecule has 0 aromatic heterocycles. The van der Waals surface area contributed by atoms with Crippen LogP contribution in [0, 0.1) is 20.2 Å². The molecular formula is C10H11N5O6. The molecule has 11 heteroatoms. The normalized spacial score (nSPS) is 10.8. The van der Waals surface area contributed by atoms with Crippen LogP contribution in [-0.4, -0.2) is 28.3 Å². The molecule has 1 aromatic carbocycles. The van der Waals surface area contributed by atoms with Gasteiger partial charge in [0.25, 0.3) is 5.69 Å². The number of benzene rings is 1. The van der Waals surface area contributed by atoms with Gasteiger partial charge in [-0.25, -0.2) is 4.79 Å². The van der Waals surface area contributed by atoms with Crippen molar-refractivity contribution in [1.82, 2.24) is 0 Å². The topological polar surface area (TPSA) is 163 Å². The Balaban J connectivity index is 3.03. The lowest BCUT2D eigenvalue weighted by Crippen LogP contribution is -2.27. The summed E-state index contributed by atoms with van der Waals surface area (Å²) in [7, 11) is 0. The monoisotopic (exact) mass is 297 g/mol. The van der Waals surface area contributed by atoms with E-state index < -0.39 is 33.0 Å². The third-order valence-electron chi connectivity index (χ3n) is 2.17. The van der Waals surface area contributed by atoms with E-state index in [1.165, 1.54) is 0 Å². The highest BCUT2D eigenvalue weighted by Gasteiger charge is 2.19. The van der Waals surface area contributed by atoms with Gasteiger partial charge in [0.05, 0.1) is 22.5 Å². The van der Waals surface area contributed by atoms with Gasteiger partial charge in [0, 0.05) is 6.07 Å². The van der Waals surface area contributed by atoms with E-state index in [1.54, 1.807) is 6.92 Å². The van der Waals surface area contributed by atoms with Crippen molar-refractivity contribution in [1.29, 1.82) is 0 Å². The second-order valence-corrected chi connectivity index (χ2v) is 3.54. The van der Waals surface area contributed by atoms with E-state index in [0.717, 1.165) is 18.2 Å². The minimum absolute atomic E-state index is 0.0900. The fourth-order valence-corrected chi connectivity index (χ4v) is 1.25. The Bertz CT molecular complexity index is 614. The number of hydrogen-bond donors (Lipinski definition) is 2. The minimum atomic E-state index is -0.894. The van der Waals surface area contributed by atoms with Gasteiger partial charge in [-0.3, -0.25) is 25.7 Å². The van der Waals surface area contributed by atoms with E-state index in [2.05, 4.69) is 15.3 Å². The molecule has 0 radical (unpaired) electrons. The highest BCUT2D eigenvalue weighted by Crippen LogP contribution is 2.28. The number of esters is 1. The number of carbonyl (C=O) groups is 1. The van der Waals surface area contributed by atoms with Crippen LogP contribution in [0.25, 0.3) is 0 Å². The lowest BCUT2D eigenvalue weighted by atomic mass is 10.2. The number of rotatable bonds is 5. The van der Waals surface area contributed by atoms with Gasteiger partial charge >= 0.3 is 11.7 Å². The van der Waals surface area contributed by atoms with Gasteiger partial charge in [0.2, 0.25) is 5.84 Å². The van der Waals surface area contributed by atoms with Crippen molar-refractivity contribution in [3.05, 3.63) is 38.4 Å². The minimum Gasteiger partial charge on any atom is -0.460 e. The summed E-state index contributed by atoms with van der Waals surface area (Å²) in [5, 5.41) is 24.8. The molecule has 0 atom stereocenters. The SMILES string of the molecule is CCOC(=O)/C(N)=N\Nc1ccc([N+](=O)[O-])cc1[N+](=O)[O-]. The Morgan fingerprint density at radius 1 is 1.38 bits per heavy atom. The first-order valence-electron chi connectivity index (χ1n) is 5.56. The maximum atomic E-state index is 11.2. The molecule has 0 spiro atoms. The summed E-state index contributed by atoms with van der Waals surface area (Å²) in [5.41, 5.74) is 6.30. The zero-order chi connectivity index (χ0) is 16.0. The molecule has 21 heavy (non-hydrogen) atoms. The van der Waals surface area contributed by atoms with Crippen molar-refractivity contribution >= 4 is 28.9 Å². The zero-order valence-electron chi connectivity index (χ0n) is 10.8. The summed E-state index contributed by atoms with van der Waals surface area (Å²) in [5.74, 6) is -1.43. The average molecular weight is 297 g/mol. The highest BCUT2D eigenvalue weighted by atomic mass is 16.6. The molecule has 0 amide bonds. The number of anilines is 1. The molecule has 0 unspecified atom stereocenters. The van der Waals surface area contributed by atoms with E-state index in [9.17, 15) is 25.0 Å². The maximum Gasteiger partial charge on any atom is 0.375 e. The first-order valence-corrected chi connectivity index (χ1v) is 5.56. The van der Waals surface area contributed by atoms with Crippen LogP contribution in [0.2, 0.25) is 0 Å². The molecular weight excluding hydrogens is 286 g/mol. The van der Waals surface area contributed by atoms with Crippen LogP contribution in [0.5, 0.6) is 0 Å². The van der Waals surface area contributed by atoms with Gasteiger partial charge in [-0.15, -0.1) is 5.10 Å². The average Bonchev–Trinajstić information content (AvgIpc) is 2.44. The predicted octanol–water partition coefficient (Wildman–Crippen LogP) is 0.750. The number of ether oxygens (including phenoxy) is 1. The summed E-state index contributed by atoms with van der Waals surface area (Å²) in [6.45, 7) is 1.66. The van der Waals surface area contributed by atoms with Crippen molar-refractivity contribution in [3.63, 3.8) is 0 Å². The Labute approximate surface area is 117 Å². The van der Waals surface area contributed by atoms with Gasteiger partial charge in [-0.05, 0) is 13.0 Å². The molecule has 3 N–H and O–H groups in total. The van der Waals surface area contributed by atoms with Crippen LogP contribution < -0.4 is 11.2 Å². The molecule has 1 aromatic rings. The van der Waals surface area contributed by atoms with E-state index in [4.69, 9.17) is 5.73 Å².